The molecule has 0 fully saturated rings. The second-order valence-corrected chi connectivity index (χ2v) is 4.23. The molecule has 1 rings (SSSR count). The summed E-state index contributed by atoms with van der Waals surface area (Å²) in [5.41, 5.74) is 0. The van der Waals surface area contributed by atoms with Crippen molar-refractivity contribution in [2.75, 3.05) is 0 Å². The average Bonchev–Trinajstić information content (AvgIpc) is 2.28. The van der Waals surface area contributed by atoms with Crippen molar-refractivity contribution in [2.45, 2.75) is 12.8 Å². The van der Waals surface area contributed by atoms with Gasteiger partial charge in [0, 0.05) is 9.81 Å². The van der Waals surface area contributed by atoms with Crippen molar-refractivity contribution >= 4 is 11.8 Å². The maximum absolute atomic E-state index is 3.71. The maximum Gasteiger partial charge on any atom is 0.0122 e. The molecule has 0 saturated carbocycles. The standard InChI is InChI=1S/C14H16S/c1-3-5-10-13(9-4-2)15-14-11-7-6-8-12-14/h3-5,7,9-12H,1-2,6,8H2/b10-5-,13-9+. The van der Waals surface area contributed by atoms with Gasteiger partial charge < -0.3 is 0 Å². The monoisotopic (exact) mass is 216 g/mol. The predicted octanol–water partition coefficient (Wildman–Crippen LogP) is 4.77. The second-order valence-electron chi connectivity index (χ2n) is 3.09. The topological polar surface area (TPSA) is 0 Å². The molecule has 0 spiro atoms. The van der Waals surface area contributed by atoms with Gasteiger partial charge in [0.15, 0.2) is 0 Å². The van der Waals surface area contributed by atoms with Crippen LogP contribution in [0.3, 0.4) is 0 Å². The van der Waals surface area contributed by atoms with Crippen molar-refractivity contribution in [2.24, 2.45) is 0 Å². The number of hydrogen-bond donors (Lipinski definition) is 0. The summed E-state index contributed by atoms with van der Waals surface area (Å²) in [6.07, 6.45) is 18.5. The Morgan fingerprint density at radius 1 is 1.27 bits per heavy atom. The van der Waals surface area contributed by atoms with Crippen LogP contribution in [0.1, 0.15) is 12.8 Å². The predicted molar refractivity (Wildman–Crippen MR) is 71.7 cm³/mol. The fraction of sp³-hybridized carbons (Fsp3) is 0.143. The smallest absolute Gasteiger partial charge is 0.0122 e. The molecule has 0 aliphatic heterocycles. The molecule has 1 aliphatic carbocycles. The fourth-order valence-electron chi connectivity index (χ4n) is 1.20. The van der Waals surface area contributed by atoms with Gasteiger partial charge in [0.2, 0.25) is 0 Å². The van der Waals surface area contributed by atoms with Crippen molar-refractivity contribution in [1.29, 1.82) is 0 Å². The minimum absolute atomic E-state index is 1.14. The SMILES string of the molecule is C=C/C=C\C(=C/C=C)SC1=CCCC=C1. The summed E-state index contributed by atoms with van der Waals surface area (Å²) in [5, 5.41) is 0. The molecule has 0 aromatic carbocycles. The van der Waals surface area contributed by atoms with Gasteiger partial charge in [-0.3, -0.25) is 0 Å². The van der Waals surface area contributed by atoms with Crippen molar-refractivity contribution in [3.63, 3.8) is 0 Å². The lowest BCUT2D eigenvalue weighted by atomic mass is 10.2. The number of rotatable bonds is 5. The molecule has 0 saturated heterocycles. The van der Waals surface area contributed by atoms with Crippen molar-refractivity contribution < 1.29 is 0 Å². The molecule has 0 nitrogen and oxygen atoms in total. The lowest BCUT2D eigenvalue weighted by molar-refractivity contribution is 1.03. The van der Waals surface area contributed by atoms with E-state index in [0.29, 0.717) is 0 Å². The Balaban J connectivity index is 2.66. The summed E-state index contributed by atoms with van der Waals surface area (Å²) in [5.74, 6) is 0. The Kier molecular flexibility index (Phi) is 5.64. The molecular formula is C14H16S. The molecule has 0 radical (unpaired) electrons. The molecule has 0 unspecified atom stereocenters. The summed E-state index contributed by atoms with van der Waals surface area (Å²) in [6, 6.07) is 0. The Morgan fingerprint density at radius 3 is 2.73 bits per heavy atom. The Labute approximate surface area is 96.5 Å². The summed E-state index contributed by atoms with van der Waals surface area (Å²) >= 11 is 1.76. The molecule has 1 heteroatoms. The largest absolute Gasteiger partial charge is 0.0991 e. The van der Waals surface area contributed by atoms with Crippen LogP contribution in [0.2, 0.25) is 0 Å². The fourth-order valence-corrected chi connectivity index (χ4v) is 2.15. The first-order chi connectivity index (χ1) is 7.36. The maximum atomic E-state index is 3.71. The molecule has 0 bridgehead atoms. The molecule has 0 aromatic heterocycles. The van der Waals surface area contributed by atoms with E-state index < -0.39 is 0 Å². The van der Waals surface area contributed by atoms with E-state index in [1.807, 2.05) is 24.3 Å². The zero-order valence-corrected chi connectivity index (χ0v) is 9.67. The Morgan fingerprint density at radius 2 is 2.13 bits per heavy atom. The lowest BCUT2D eigenvalue weighted by Gasteiger charge is -2.06. The number of thioether (sulfide) groups is 1. The van der Waals surface area contributed by atoms with E-state index in [1.54, 1.807) is 17.8 Å². The minimum atomic E-state index is 1.14. The van der Waals surface area contributed by atoms with Gasteiger partial charge in [-0.1, -0.05) is 61.4 Å². The van der Waals surface area contributed by atoms with E-state index in [4.69, 9.17) is 0 Å². The van der Waals surface area contributed by atoms with Gasteiger partial charge in [-0.25, -0.2) is 0 Å². The third kappa shape index (κ3) is 4.71. The zero-order valence-electron chi connectivity index (χ0n) is 8.86. The van der Waals surface area contributed by atoms with Crippen LogP contribution < -0.4 is 0 Å². The quantitative estimate of drug-likeness (QED) is 0.597. The van der Waals surface area contributed by atoms with E-state index in [2.05, 4.69) is 31.4 Å². The molecule has 0 aromatic rings. The van der Waals surface area contributed by atoms with Crippen LogP contribution in [0.4, 0.5) is 0 Å². The summed E-state index contributed by atoms with van der Waals surface area (Å²) in [4.78, 5) is 2.49. The van der Waals surface area contributed by atoms with E-state index in [0.717, 1.165) is 12.8 Å². The molecule has 1 aliphatic rings. The molecule has 0 amide bonds. The van der Waals surface area contributed by atoms with Crippen molar-refractivity contribution in [3.8, 4) is 0 Å². The normalized spacial score (nSPS) is 16.5. The third-order valence-electron chi connectivity index (χ3n) is 1.88. The van der Waals surface area contributed by atoms with E-state index in [9.17, 15) is 0 Å². The highest BCUT2D eigenvalue weighted by Gasteiger charge is 1.99. The highest BCUT2D eigenvalue weighted by Crippen LogP contribution is 2.30. The Bertz CT molecular complexity index is 340. The minimum Gasteiger partial charge on any atom is -0.0991 e. The number of allylic oxidation sites excluding steroid dienone is 8. The van der Waals surface area contributed by atoms with Gasteiger partial charge in [0.25, 0.3) is 0 Å². The highest BCUT2D eigenvalue weighted by molar-refractivity contribution is 8.07. The first-order valence-corrected chi connectivity index (χ1v) is 5.85. The summed E-state index contributed by atoms with van der Waals surface area (Å²) in [7, 11) is 0. The van der Waals surface area contributed by atoms with Gasteiger partial charge in [-0.15, -0.1) is 0 Å². The van der Waals surface area contributed by atoms with Crippen LogP contribution in [-0.2, 0) is 0 Å². The van der Waals surface area contributed by atoms with Gasteiger partial charge in [-0.2, -0.15) is 0 Å². The van der Waals surface area contributed by atoms with Crippen molar-refractivity contribution in [3.05, 3.63) is 71.6 Å². The van der Waals surface area contributed by atoms with E-state index >= 15 is 0 Å². The van der Waals surface area contributed by atoms with Crippen LogP contribution in [0.5, 0.6) is 0 Å². The van der Waals surface area contributed by atoms with Gasteiger partial charge in [-0.05, 0) is 25.0 Å². The van der Waals surface area contributed by atoms with E-state index in [-0.39, 0.29) is 0 Å². The summed E-state index contributed by atoms with van der Waals surface area (Å²) in [6.45, 7) is 7.38. The Hall–Kier alpha value is -1.21. The highest BCUT2D eigenvalue weighted by atomic mass is 32.2. The molecule has 0 heterocycles. The van der Waals surface area contributed by atoms with Gasteiger partial charge in [0.05, 0.1) is 0 Å². The molecule has 15 heavy (non-hydrogen) atoms. The molecular weight excluding hydrogens is 200 g/mol. The second kappa shape index (κ2) is 7.13. The first-order valence-electron chi connectivity index (χ1n) is 5.03. The van der Waals surface area contributed by atoms with Crippen LogP contribution >= 0.6 is 11.8 Å². The van der Waals surface area contributed by atoms with Crippen molar-refractivity contribution in [1.82, 2.24) is 0 Å². The molecule has 78 valence electrons. The lowest BCUT2D eigenvalue weighted by Crippen LogP contribution is -1.80. The summed E-state index contributed by atoms with van der Waals surface area (Å²) < 4.78 is 0. The average molecular weight is 216 g/mol. The molecule has 0 atom stereocenters. The molecule has 0 N–H and O–H groups in total. The van der Waals surface area contributed by atoms with E-state index in [1.165, 1.54) is 9.81 Å². The van der Waals surface area contributed by atoms with Gasteiger partial charge in [0.1, 0.15) is 0 Å². The van der Waals surface area contributed by atoms with Crippen LogP contribution in [-0.4, -0.2) is 0 Å². The van der Waals surface area contributed by atoms with Crippen LogP contribution in [0.15, 0.2) is 71.6 Å². The van der Waals surface area contributed by atoms with Gasteiger partial charge >= 0.3 is 0 Å². The third-order valence-corrected chi connectivity index (χ3v) is 2.92. The zero-order chi connectivity index (χ0) is 10.9. The van der Waals surface area contributed by atoms with Crippen LogP contribution in [0, 0.1) is 0 Å². The first kappa shape index (κ1) is 11.9. The number of hydrogen-bond acceptors (Lipinski definition) is 1. The van der Waals surface area contributed by atoms with Crippen LogP contribution in [0.25, 0.3) is 0 Å².